The summed E-state index contributed by atoms with van der Waals surface area (Å²) in [5.74, 6) is 7.29. The van der Waals surface area contributed by atoms with E-state index in [2.05, 4.69) is 29.5 Å². The highest BCUT2D eigenvalue weighted by molar-refractivity contribution is 5.20. The van der Waals surface area contributed by atoms with Crippen LogP contribution in [0.3, 0.4) is 0 Å². The number of nitrogens with two attached hydrogens (primary N) is 1. The number of aryl methyl sites for hydroxylation is 1. The predicted molar refractivity (Wildman–Crippen MR) is 74.8 cm³/mol. The van der Waals surface area contributed by atoms with Crippen LogP contribution >= 0.6 is 0 Å². The Labute approximate surface area is 110 Å². The largest absolute Gasteiger partial charge is 0.271 e. The zero-order valence-corrected chi connectivity index (χ0v) is 11.5. The van der Waals surface area contributed by atoms with E-state index >= 15 is 0 Å². The summed E-state index contributed by atoms with van der Waals surface area (Å²) in [6.07, 6.45) is 8.49. The molecule has 100 valence electrons. The van der Waals surface area contributed by atoms with Crippen molar-refractivity contribution in [3.8, 4) is 0 Å². The maximum absolute atomic E-state index is 5.83. The van der Waals surface area contributed by atoms with E-state index < -0.39 is 0 Å². The average Bonchev–Trinajstić information content (AvgIpc) is 2.40. The van der Waals surface area contributed by atoms with Crippen LogP contribution in [0.5, 0.6) is 0 Å². The van der Waals surface area contributed by atoms with Crippen molar-refractivity contribution in [3.63, 3.8) is 0 Å². The van der Waals surface area contributed by atoms with Crippen LogP contribution in [-0.2, 0) is 0 Å². The van der Waals surface area contributed by atoms with Gasteiger partial charge in [-0.15, -0.1) is 0 Å². The van der Waals surface area contributed by atoms with Crippen molar-refractivity contribution in [2.75, 3.05) is 0 Å². The van der Waals surface area contributed by atoms with Crippen LogP contribution in [-0.4, -0.2) is 4.98 Å². The molecule has 1 aliphatic rings. The fourth-order valence-corrected chi connectivity index (χ4v) is 3.41. The van der Waals surface area contributed by atoms with Crippen LogP contribution in [0.4, 0.5) is 0 Å². The average molecular weight is 247 g/mol. The van der Waals surface area contributed by atoms with E-state index in [0.29, 0.717) is 5.92 Å². The van der Waals surface area contributed by atoms with Crippen LogP contribution in [0.25, 0.3) is 0 Å². The van der Waals surface area contributed by atoms with E-state index in [-0.39, 0.29) is 6.04 Å². The van der Waals surface area contributed by atoms with Gasteiger partial charge in [-0.05, 0) is 42.9 Å². The third kappa shape index (κ3) is 2.90. The normalized spacial score (nSPS) is 25.9. The Balaban J connectivity index is 2.21. The van der Waals surface area contributed by atoms with Crippen LogP contribution in [0.2, 0.25) is 0 Å². The van der Waals surface area contributed by atoms with E-state index in [0.717, 1.165) is 11.6 Å². The first-order valence-corrected chi connectivity index (χ1v) is 7.15. The van der Waals surface area contributed by atoms with Gasteiger partial charge in [0.05, 0.1) is 0 Å². The predicted octanol–water partition coefficient (Wildman–Crippen LogP) is 3.11. The molecule has 3 atom stereocenters. The first-order valence-electron chi connectivity index (χ1n) is 7.15. The summed E-state index contributed by atoms with van der Waals surface area (Å²) >= 11 is 0. The third-order valence-electron chi connectivity index (χ3n) is 4.38. The molecule has 1 aliphatic carbocycles. The molecule has 0 amide bonds. The summed E-state index contributed by atoms with van der Waals surface area (Å²) in [6.45, 7) is 4.34. The fourth-order valence-electron chi connectivity index (χ4n) is 3.41. The monoisotopic (exact) mass is 247 g/mol. The van der Waals surface area contributed by atoms with Gasteiger partial charge in [-0.3, -0.25) is 16.3 Å². The molecule has 3 N–H and O–H groups in total. The second-order valence-electron chi connectivity index (χ2n) is 5.49. The molecule has 3 unspecified atom stereocenters. The van der Waals surface area contributed by atoms with Crippen LogP contribution < -0.4 is 11.3 Å². The van der Waals surface area contributed by atoms with Crippen LogP contribution in [0, 0.1) is 18.8 Å². The SMILES string of the molecule is CCC1CCCCC1C(NN)c1ccnc(C)c1. The molecule has 1 heterocycles. The topological polar surface area (TPSA) is 50.9 Å². The van der Waals surface area contributed by atoms with Gasteiger partial charge in [0.15, 0.2) is 0 Å². The van der Waals surface area contributed by atoms with Crippen molar-refractivity contribution in [2.24, 2.45) is 17.7 Å². The molecular weight excluding hydrogens is 222 g/mol. The van der Waals surface area contributed by atoms with Crippen LogP contribution in [0.1, 0.15) is 56.3 Å². The lowest BCUT2D eigenvalue weighted by Gasteiger charge is -2.36. The minimum atomic E-state index is 0.275. The zero-order chi connectivity index (χ0) is 13.0. The summed E-state index contributed by atoms with van der Waals surface area (Å²) in [5, 5.41) is 0. The number of pyridine rings is 1. The maximum Gasteiger partial charge on any atom is 0.0492 e. The minimum Gasteiger partial charge on any atom is -0.271 e. The summed E-state index contributed by atoms with van der Waals surface area (Å²) in [4.78, 5) is 4.27. The number of aromatic nitrogens is 1. The van der Waals surface area contributed by atoms with E-state index in [4.69, 9.17) is 5.84 Å². The standard InChI is InChI=1S/C15H25N3/c1-3-12-6-4-5-7-14(12)15(18-16)13-8-9-17-11(2)10-13/h8-10,12,14-15,18H,3-7,16H2,1-2H3. The number of hydrogen-bond acceptors (Lipinski definition) is 3. The van der Waals surface area contributed by atoms with Gasteiger partial charge in [0.1, 0.15) is 0 Å². The number of nitrogens with one attached hydrogen (secondary N) is 1. The van der Waals surface area contributed by atoms with Crippen molar-refractivity contribution in [2.45, 2.75) is 52.0 Å². The van der Waals surface area contributed by atoms with Crippen molar-refractivity contribution in [3.05, 3.63) is 29.6 Å². The molecule has 0 radical (unpaired) electrons. The lowest BCUT2D eigenvalue weighted by molar-refractivity contribution is 0.176. The second-order valence-corrected chi connectivity index (χ2v) is 5.49. The lowest BCUT2D eigenvalue weighted by atomic mass is 9.72. The molecule has 0 spiro atoms. The van der Waals surface area contributed by atoms with E-state index in [9.17, 15) is 0 Å². The Hall–Kier alpha value is -0.930. The summed E-state index contributed by atoms with van der Waals surface area (Å²) < 4.78 is 0. The molecule has 3 nitrogen and oxygen atoms in total. The number of hydrazine groups is 1. The molecule has 1 saturated carbocycles. The van der Waals surface area contributed by atoms with Crippen molar-refractivity contribution >= 4 is 0 Å². The van der Waals surface area contributed by atoms with Gasteiger partial charge in [0, 0.05) is 17.9 Å². The fraction of sp³-hybridized carbons (Fsp3) is 0.667. The quantitative estimate of drug-likeness (QED) is 0.635. The number of rotatable bonds is 4. The van der Waals surface area contributed by atoms with E-state index in [1.54, 1.807) is 0 Å². The van der Waals surface area contributed by atoms with Crippen LogP contribution in [0.15, 0.2) is 18.3 Å². The molecule has 1 aromatic heterocycles. The Kier molecular flexibility index (Phi) is 4.72. The van der Waals surface area contributed by atoms with Gasteiger partial charge in [-0.25, -0.2) is 0 Å². The Morgan fingerprint density at radius 1 is 1.44 bits per heavy atom. The highest BCUT2D eigenvalue weighted by Crippen LogP contribution is 2.39. The van der Waals surface area contributed by atoms with Crippen molar-refractivity contribution in [1.82, 2.24) is 10.4 Å². The minimum absolute atomic E-state index is 0.275. The summed E-state index contributed by atoms with van der Waals surface area (Å²) in [7, 11) is 0. The number of nitrogens with zero attached hydrogens (tertiary/aromatic N) is 1. The molecule has 2 rings (SSSR count). The Morgan fingerprint density at radius 3 is 2.89 bits per heavy atom. The third-order valence-corrected chi connectivity index (χ3v) is 4.38. The van der Waals surface area contributed by atoms with E-state index in [1.807, 2.05) is 13.1 Å². The molecule has 1 aromatic rings. The molecule has 0 aliphatic heterocycles. The van der Waals surface area contributed by atoms with Gasteiger partial charge >= 0.3 is 0 Å². The smallest absolute Gasteiger partial charge is 0.0492 e. The number of hydrogen-bond donors (Lipinski definition) is 2. The Bertz CT molecular complexity index is 378. The molecule has 1 fully saturated rings. The molecule has 3 heteroatoms. The van der Waals surface area contributed by atoms with Gasteiger partial charge < -0.3 is 0 Å². The Morgan fingerprint density at radius 2 is 2.22 bits per heavy atom. The molecule has 0 saturated heterocycles. The zero-order valence-electron chi connectivity index (χ0n) is 11.5. The van der Waals surface area contributed by atoms with Gasteiger partial charge in [-0.2, -0.15) is 0 Å². The summed E-state index contributed by atoms with van der Waals surface area (Å²) in [6, 6.07) is 4.53. The van der Waals surface area contributed by atoms with Crippen molar-refractivity contribution in [1.29, 1.82) is 0 Å². The molecule has 18 heavy (non-hydrogen) atoms. The lowest BCUT2D eigenvalue weighted by Crippen LogP contribution is -2.38. The van der Waals surface area contributed by atoms with Gasteiger partial charge in [-0.1, -0.05) is 32.6 Å². The first kappa shape index (κ1) is 13.5. The highest BCUT2D eigenvalue weighted by atomic mass is 15.2. The first-order chi connectivity index (χ1) is 8.76. The molecular formula is C15H25N3. The van der Waals surface area contributed by atoms with Gasteiger partial charge in [0.2, 0.25) is 0 Å². The van der Waals surface area contributed by atoms with Crippen molar-refractivity contribution < 1.29 is 0 Å². The maximum atomic E-state index is 5.83. The summed E-state index contributed by atoms with van der Waals surface area (Å²) in [5.41, 5.74) is 5.41. The molecule has 0 aromatic carbocycles. The van der Waals surface area contributed by atoms with E-state index in [1.165, 1.54) is 37.7 Å². The highest BCUT2D eigenvalue weighted by Gasteiger charge is 2.31. The second kappa shape index (κ2) is 6.30. The molecule has 0 bridgehead atoms. The van der Waals surface area contributed by atoms with Gasteiger partial charge in [0.25, 0.3) is 0 Å².